The molecule has 0 aliphatic carbocycles. The summed E-state index contributed by atoms with van der Waals surface area (Å²) in [7, 11) is 1.75. The molecule has 0 radical (unpaired) electrons. The third-order valence-corrected chi connectivity index (χ3v) is 3.88. The van der Waals surface area contributed by atoms with Crippen molar-refractivity contribution in [2.75, 3.05) is 7.05 Å². The highest BCUT2D eigenvalue weighted by Crippen LogP contribution is 2.31. The van der Waals surface area contributed by atoms with Crippen molar-refractivity contribution in [1.29, 1.82) is 0 Å². The van der Waals surface area contributed by atoms with Gasteiger partial charge in [-0.3, -0.25) is 0 Å². The highest BCUT2D eigenvalue weighted by atomic mass is 79.9. The van der Waals surface area contributed by atoms with Crippen LogP contribution in [-0.2, 0) is 0 Å². The Hall–Kier alpha value is -0.970. The summed E-state index contributed by atoms with van der Waals surface area (Å²) in [6.45, 7) is 1.67. The van der Waals surface area contributed by atoms with Crippen molar-refractivity contribution in [2.24, 2.45) is 0 Å². The second-order valence-electron chi connectivity index (χ2n) is 4.55. The first-order valence-electron chi connectivity index (χ1n) is 6.01. The Morgan fingerprint density at radius 1 is 1.15 bits per heavy atom. The van der Waals surface area contributed by atoms with Gasteiger partial charge in [0, 0.05) is 9.50 Å². The van der Waals surface area contributed by atoms with Crippen LogP contribution >= 0.6 is 27.5 Å². The maximum atomic E-state index is 13.5. The predicted molar refractivity (Wildman–Crippen MR) is 81.1 cm³/mol. The molecule has 1 N–H and O–H groups in total. The van der Waals surface area contributed by atoms with Crippen molar-refractivity contribution in [1.82, 2.24) is 5.32 Å². The minimum absolute atomic E-state index is 0.311. The third-order valence-electron chi connectivity index (χ3n) is 3.10. The minimum Gasteiger partial charge on any atom is -0.309 e. The van der Waals surface area contributed by atoms with Crippen molar-refractivity contribution < 1.29 is 8.78 Å². The monoisotopic (exact) mass is 359 g/mol. The van der Waals surface area contributed by atoms with E-state index >= 15 is 0 Å². The lowest BCUT2D eigenvalue weighted by Crippen LogP contribution is -2.18. The Kier molecular flexibility index (Phi) is 4.78. The third kappa shape index (κ3) is 3.19. The van der Waals surface area contributed by atoms with Gasteiger partial charge in [0.05, 0.1) is 6.04 Å². The van der Waals surface area contributed by atoms with Crippen LogP contribution < -0.4 is 5.32 Å². The van der Waals surface area contributed by atoms with Crippen LogP contribution in [0.15, 0.2) is 34.8 Å². The molecule has 20 heavy (non-hydrogen) atoms. The van der Waals surface area contributed by atoms with Gasteiger partial charge in [-0.15, -0.1) is 0 Å². The summed E-state index contributed by atoms with van der Waals surface area (Å²) in [4.78, 5) is 0. The number of hydrogen-bond acceptors (Lipinski definition) is 1. The number of rotatable bonds is 3. The second-order valence-corrected chi connectivity index (χ2v) is 5.87. The first kappa shape index (κ1) is 15.4. The fourth-order valence-electron chi connectivity index (χ4n) is 2.14. The molecule has 0 fully saturated rings. The van der Waals surface area contributed by atoms with Crippen LogP contribution in [0.25, 0.3) is 0 Å². The van der Waals surface area contributed by atoms with Gasteiger partial charge in [-0.25, -0.2) is 8.78 Å². The van der Waals surface area contributed by atoms with Crippen molar-refractivity contribution in [3.8, 4) is 0 Å². The van der Waals surface area contributed by atoms with E-state index in [-0.39, 0.29) is 17.7 Å². The molecule has 1 unspecified atom stereocenters. The fourth-order valence-corrected chi connectivity index (χ4v) is 2.89. The molecule has 1 atom stereocenters. The van der Waals surface area contributed by atoms with Gasteiger partial charge < -0.3 is 5.32 Å². The standard InChI is InChI=1S/C15H13BrClF2N/c1-8-3-12(13(17)7-14(8)19)15(20-2)9-4-10(16)6-11(18)5-9/h3-7,15,20H,1-2H3. The zero-order chi connectivity index (χ0) is 14.9. The van der Waals surface area contributed by atoms with E-state index in [1.807, 2.05) is 0 Å². The molecule has 0 saturated carbocycles. The number of nitrogens with one attached hydrogen (secondary N) is 1. The van der Waals surface area contributed by atoms with Crippen LogP contribution in [0, 0.1) is 18.6 Å². The van der Waals surface area contributed by atoms with E-state index in [0.29, 0.717) is 26.2 Å². The smallest absolute Gasteiger partial charge is 0.127 e. The Morgan fingerprint density at radius 3 is 2.45 bits per heavy atom. The fraction of sp³-hybridized carbons (Fsp3) is 0.200. The lowest BCUT2D eigenvalue weighted by molar-refractivity contribution is 0.608. The van der Waals surface area contributed by atoms with Crippen molar-refractivity contribution in [2.45, 2.75) is 13.0 Å². The van der Waals surface area contributed by atoms with Gasteiger partial charge in [0.15, 0.2) is 0 Å². The number of hydrogen-bond donors (Lipinski definition) is 1. The largest absolute Gasteiger partial charge is 0.309 e. The molecule has 106 valence electrons. The molecular weight excluding hydrogens is 348 g/mol. The first-order valence-corrected chi connectivity index (χ1v) is 7.18. The minimum atomic E-state index is -0.353. The summed E-state index contributed by atoms with van der Waals surface area (Å²) < 4.78 is 27.7. The summed E-state index contributed by atoms with van der Waals surface area (Å²) >= 11 is 9.39. The van der Waals surface area contributed by atoms with Crippen LogP contribution in [0.3, 0.4) is 0 Å². The topological polar surface area (TPSA) is 12.0 Å². The highest BCUT2D eigenvalue weighted by molar-refractivity contribution is 9.10. The van der Waals surface area contributed by atoms with E-state index in [1.165, 1.54) is 18.2 Å². The van der Waals surface area contributed by atoms with Crippen LogP contribution in [0.1, 0.15) is 22.7 Å². The van der Waals surface area contributed by atoms with Gasteiger partial charge in [0.25, 0.3) is 0 Å². The molecule has 2 rings (SSSR count). The lowest BCUT2D eigenvalue weighted by atomic mass is 9.97. The highest BCUT2D eigenvalue weighted by Gasteiger charge is 2.18. The molecule has 0 aromatic heterocycles. The predicted octanol–water partition coefficient (Wildman–Crippen LogP) is 5.00. The summed E-state index contributed by atoms with van der Waals surface area (Å²) in [5.41, 5.74) is 1.93. The van der Waals surface area contributed by atoms with E-state index in [9.17, 15) is 8.78 Å². The molecule has 0 spiro atoms. The van der Waals surface area contributed by atoms with Gasteiger partial charge in [-0.2, -0.15) is 0 Å². The number of halogens is 4. The molecule has 0 aliphatic rings. The number of aryl methyl sites for hydroxylation is 1. The van der Waals surface area contributed by atoms with Crippen molar-refractivity contribution >= 4 is 27.5 Å². The summed E-state index contributed by atoms with van der Waals surface area (Å²) in [5.74, 6) is -0.696. The number of benzene rings is 2. The van der Waals surface area contributed by atoms with Gasteiger partial charge >= 0.3 is 0 Å². The quantitative estimate of drug-likeness (QED) is 0.812. The molecule has 5 heteroatoms. The average Bonchev–Trinajstić information content (AvgIpc) is 2.35. The molecule has 1 nitrogen and oxygen atoms in total. The molecule has 0 bridgehead atoms. The van der Waals surface area contributed by atoms with Gasteiger partial charge in [0.1, 0.15) is 11.6 Å². The maximum absolute atomic E-state index is 13.5. The molecule has 0 heterocycles. The zero-order valence-electron chi connectivity index (χ0n) is 11.0. The first-order chi connectivity index (χ1) is 9.42. The Labute approximate surface area is 130 Å². The molecule has 2 aromatic rings. The lowest BCUT2D eigenvalue weighted by Gasteiger charge is -2.20. The van der Waals surface area contributed by atoms with Crippen molar-refractivity contribution in [3.05, 3.63) is 68.2 Å². The van der Waals surface area contributed by atoms with Gasteiger partial charge in [-0.1, -0.05) is 27.5 Å². The Bertz CT molecular complexity index is 626. The van der Waals surface area contributed by atoms with Crippen LogP contribution in [0.5, 0.6) is 0 Å². The molecule has 2 aromatic carbocycles. The van der Waals surface area contributed by atoms with Crippen LogP contribution in [0.2, 0.25) is 5.02 Å². The second kappa shape index (κ2) is 6.20. The summed E-state index contributed by atoms with van der Waals surface area (Å²) in [6, 6.07) is 7.27. The molecule has 0 amide bonds. The Balaban J connectivity index is 2.55. The van der Waals surface area contributed by atoms with Crippen molar-refractivity contribution in [3.63, 3.8) is 0 Å². The normalized spacial score (nSPS) is 12.5. The van der Waals surface area contributed by atoms with E-state index in [2.05, 4.69) is 21.2 Å². The zero-order valence-corrected chi connectivity index (χ0v) is 13.3. The average molecular weight is 361 g/mol. The maximum Gasteiger partial charge on any atom is 0.127 e. The SMILES string of the molecule is CNC(c1cc(F)cc(Br)c1)c1cc(C)c(F)cc1Cl. The van der Waals surface area contributed by atoms with Gasteiger partial charge in [-0.05, 0) is 61.0 Å². The summed E-state index contributed by atoms with van der Waals surface area (Å²) in [6.07, 6.45) is 0. The molecule has 0 aliphatic heterocycles. The van der Waals surface area contributed by atoms with E-state index in [4.69, 9.17) is 11.6 Å². The van der Waals surface area contributed by atoms with E-state index in [1.54, 1.807) is 26.1 Å². The van der Waals surface area contributed by atoms with Crippen LogP contribution in [0.4, 0.5) is 8.78 Å². The van der Waals surface area contributed by atoms with E-state index < -0.39 is 0 Å². The summed E-state index contributed by atoms with van der Waals surface area (Å²) in [5, 5.41) is 3.40. The van der Waals surface area contributed by atoms with Gasteiger partial charge in [0.2, 0.25) is 0 Å². The van der Waals surface area contributed by atoms with Crippen LogP contribution in [-0.4, -0.2) is 7.05 Å². The Morgan fingerprint density at radius 2 is 1.85 bits per heavy atom. The van der Waals surface area contributed by atoms with E-state index in [0.717, 1.165) is 0 Å². The molecule has 0 saturated heterocycles. The molecular formula is C15H13BrClF2N.